The highest BCUT2D eigenvalue weighted by molar-refractivity contribution is 6.30. The molecule has 21 heavy (non-hydrogen) atoms. The van der Waals surface area contributed by atoms with Gasteiger partial charge < -0.3 is 9.64 Å². The van der Waals surface area contributed by atoms with Crippen molar-refractivity contribution in [1.82, 2.24) is 4.90 Å². The molecular formula is C17H18ClNO2. The van der Waals surface area contributed by atoms with Crippen molar-refractivity contribution >= 4 is 24.0 Å². The zero-order valence-electron chi connectivity index (χ0n) is 11.8. The van der Waals surface area contributed by atoms with Crippen LogP contribution in [0.25, 0.3) is 6.08 Å². The van der Waals surface area contributed by atoms with E-state index in [1.54, 1.807) is 0 Å². The number of halogens is 1. The van der Waals surface area contributed by atoms with Crippen molar-refractivity contribution in [3.8, 4) is 0 Å². The van der Waals surface area contributed by atoms with Gasteiger partial charge in [-0.2, -0.15) is 0 Å². The molecule has 0 N–H and O–H groups in total. The van der Waals surface area contributed by atoms with Gasteiger partial charge in [0.15, 0.2) is 0 Å². The van der Waals surface area contributed by atoms with Crippen molar-refractivity contribution < 1.29 is 9.53 Å². The number of hydrogen-bond donors (Lipinski definition) is 0. The Morgan fingerprint density at radius 3 is 2.48 bits per heavy atom. The first-order valence-corrected chi connectivity index (χ1v) is 7.63. The van der Waals surface area contributed by atoms with Crippen molar-refractivity contribution in [2.45, 2.75) is 12.8 Å². The summed E-state index contributed by atoms with van der Waals surface area (Å²) in [7, 11) is 0. The summed E-state index contributed by atoms with van der Waals surface area (Å²) in [5.41, 5.74) is 4.38. The Morgan fingerprint density at radius 2 is 1.81 bits per heavy atom. The van der Waals surface area contributed by atoms with Crippen LogP contribution in [0.4, 0.5) is 0 Å². The summed E-state index contributed by atoms with van der Waals surface area (Å²) in [6.45, 7) is 3.16. The highest BCUT2D eigenvalue weighted by atomic mass is 35.5. The van der Waals surface area contributed by atoms with E-state index in [1.165, 1.54) is 5.57 Å². The number of nitrogens with zero attached hydrogens (tertiary/aromatic N) is 1. The lowest BCUT2D eigenvalue weighted by Gasteiger charge is -2.31. The third-order valence-corrected chi connectivity index (χ3v) is 4.20. The van der Waals surface area contributed by atoms with Gasteiger partial charge in [-0.1, -0.05) is 23.7 Å². The molecule has 1 aliphatic heterocycles. The molecule has 0 aromatic heterocycles. The summed E-state index contributed by atoms with van der Waals surface area (Å²) in [5.74, 6) is 0. The Morgan fingerprint density at radius 1 is 1.10 bits per heavy atom. The molecule has 4 heteroatoms. The Balaban J connectivity index is 1.91. The fourth-order valence-electron chi connectivity index (χ4n) is 2.92. The second-order valence-corrected chi connectivity index (χ2v) is 5.75. The molecule has 1 aromatic carbocycles. The molecule has 1 fully saturated rings. The first-order valence-electron chi connectivity index (χ1n) is 7.25. The molecule has 0 saturated carbocycles. The fraction of sp³-hybridized carbons (Fsp3) is 0.353. The molecule has 110 valence electrons. The van der Waals surface area contributed by atoms with Crippen LogP contribution in [0, 0.1) is 0 Å². The highest BCUT2D eigenvalue weighted by Crippen LogP contribution is 2.34. The second-order valence-electron chi connectivity index (χ2n) is 5.31. The van der Waals surface area contributed by atoms with E-state index in [9.17, 15) is 4.79 Å². The minimum Gasteiger partial charge on any atom is -0.378 e. The molecular weight excluding hydrogens is 286 g/mol. The third-order valence-electron chi connectivity index (χ3n) is 3.95. The van der Waals surface area contributed by atoms with Gasteiger partial charge in [0.1, 0.15) is 6.29 Å². The highest BCUT2D eigenvalue weighted by Gasteiger charge is 2.25. The van der Waals surface area contributed by atoms with E-state index >= 15 is 0 Å². The number of aldehydes is 1. The minimum absolute atomic E-state index is 0.726. The normalized spacial score (nSPS) is 21.2. The molecule has 0 unspecified atom stereocenters. The summed E-state index contributed by atoms with van der Waals surface area (Å²) < 4.78 is 5.41. The van der Waals surface area contributed by atoms with Gasteiger partial charge in [0.25, 0.3) is 0 Å². The van der Waals surface area contributed by atoms with Crippen molar-refractivity contribution in [1.29, 1.82) is 0 Å². The maximum Gasteiger partial charge on any atom is 0.148 e. The Bertz CT molecular complexity index is 583. The molecule has 3 nitrogen and oxygen atoms in total. The molecule has 0 amide bonds. The lowest BCUT2D eigenvalue weighted by Crippen LogP contribution is -2.36. The molecule has 1 saturated heterocycles. The number of carbonyl (C=O) groups is 1. The van der Waals surface area contributed by atoms with Crippen LogP contribution in [-0.2, 0) is 9.53 Å². The van der Waals surface area contributed by atoms with Crippen LogP contribution in [0.1, 0.15) is 18.4 Å². The van der Waals surface area contributed by atoms with Gasteiger partial charge in [0.05, 0.1) is 13.2 Å². The van der Waals surface area contributed by atoms with Gasteiger partial charge in [-0.3, -0.25) is 4.79 Å². The van der Waals surface area contributed by atoms with Gasteiger partial charge in [-0.15, -0.1) is 0 Å². The first-order chi connectivity index (χ1) is 10.3. The van der Waals surface area contributed by atoms with Gasteiger partial charge >= 0.3 is 0 Å². The molecule has 1 aliphatic carbocycles. The van der Waals surface area contributed by atoms with Gasteiger partial charge in [0, 0.05) is 29.4 Å². The molecule has 0 spiro atoms. The third kappa shape index (κ3) is 3.20. The van der Waals surface area contributed by atoms with E-state index in [1.807, 2.05) is 24.3 Å². The van der Waals surface area contributed by atoms with Crippen LogP contribution in [0.2, 0.25) is 5.02 Å². The van der Waals surface area contributed by atoms with Crippen LogP contribution in [0.3, 0.4) is 0 Å². The van der Waals surface area contributed by atoms with E-state index in [0.717, 1.165) is 67.3 Å². The number of ether oxygens (including phenoxy) is 1. The summed E-state index contributed by atoms with van der Waals surface area (Å²) in [5, 5.41) is 0.737. The van der Waals surface area contributed by atoms with Crippen molar-refractivity contribution in [3.63, 3.8) is 0 Å². The summed E-state index contributed by atoms with van der Waals surface area (Å²) in [6, 6.07) is 7.79. The molecule has 0 radical (unpaired) electrons. The largest absolute Gasteiger partial charge is 0.378 e. The van der Waals surface area contributed by atoms with E-state index in [0.29, 0.717) is 0 Å². The number of morpholine rings is 1. The first kappa shape index (κ1) is 14.4. The molecule has 1 aromatic rings. The molecule has 0 atom stereocenters. The lowest BCUT2D eigenvalue weighted by atomic mass is 10.1. The maximum atomic E-state index is 11.3. The topological polar surface area (TPSA) is 29.5 Å². The van der Waals surface area contributed by atoms with Crippen LogP contribution in [-0.4, -0.2) is 37.5 Å². The number of carbonyl (C=O) groups excluding carboxylic acids is 1. The van der Waals surface area contributed by atoms with E-state index in [4.69, 9.17) is 16.3 Å². The van der Waals surface area contributed by atoms with Crippen molar-refractivity contribution in [2.75, 3.05) is 26.3 Å². The van der Waals surface area contributed by atoms with Crippen LogP contribution in [0.5, 0.6) is 0 Å². The van der Waals surface area contributed by atoms with Crippen LogP contribution in [0.15, 0.2) is 41.1 Å². The maximum absolute atomic E-state index is 11.3. The standard InChI is InChI=1S/C17H18ClNO2/c18-16-5-1-13(2-6-16)11-14-3-4-15(12-20)17(14)19-7-9-21-10-8-19/h1-2,5-6,11-12H,3-4,7-10H2/b14-11+. The number of allylic oxidation sites excluding steroid dienone is 2. The van der Waals surface area contributed by atoms with E-state index in [2.05, 4.69) is 11.0 Å². The fourth-order valence-corrected chi connectivity index (χ4v) is 3.05. The van der Waals surface area contributed by atoms with E-state index in [-0.39, 0.29) is 0 Å². The molecule has 3 rings (SSSR count). The van der Waals surface area contributed by atoms with Gasteiger partial charge in [0.2, 0.25) is 0 Å². The molecule has 2 aliphatic rings. The Labute approximate surface area is 129 Å². The minimum atomic E-state index is 0.726. The van der Waals surface area contributed by atoms with Crippen LogP contribution >= 0.6 is 11.6 Å². The zero-order valence-corrected chi connectivity index (χ0v) is 12.6. The molecule has 0 bridgehead atoms. The SMILES string of the molecule is O=CC1=C(N2CCOCC2)/C(=C/c2ccc(Cl)cc2)CC1. The number of benzene rings is 1. The summed E-state index contributed by atoms with van der Waals surface area (Å²) in [4.78, 5) is 13.6. The Hall–Kier alpha value is -1.58. The van der Waals surface area contributed by atoms with Crippen molar-refractivity contribution in [2.24, 2.45) is 0 Å². The molecule has 1 heterocycles. The second kappa shape index (κ2) is 6.46. The zero-order chi connectivity index (χ0) is 14.7. The predicted octanol–water partition coefficient (Wildman–Crippen LogP) is 3.30. The average Bonchev–Trinajstić information content (AvgIpc) is 2.93. The monoisotopic (exact) mass is 303 g/mol. The average molecular weight is 304 g/mol. The van der Waals surface area contributed by atoms with Crippen LogP contribution < -0.4 is 0 Å². The van der Waals surface area contributed by atoms with E-state index < -0.39 is 0 Å². The Kier molecular flexibility index (Phi) is 4.42. The summed E-state index contributed by atoms with van der Waals surface area (Å²) in [6.07, 6.45) is 4.92. The van der Waals surface area contributed by atoms with Gasteiger partial charge in [-0.25, -0.2) is 0 Å². The number of rotatable bonds is 3. The lowest BCUT2D eigenvalue weighted by molar-refractivity contribution is -0.105. The number of hydrogen-bond acceptors (Lipinski definition) is 3. The van der Waals surface area contributed by atoms with Gasteiger partial charge in [-0.05, 0) is 42.2 Å². The quantitative estimate of drug-likeness (QED) is 0.802. The summed E-state index contributed by atoms with van der Waals surface area (Å²) >= 11 is 5.93. The smallest absolute Gasteiger partial charge is 0.148 e. The van der Waals surface area contributed by atoms with Crippen molar-refractivity contribution in [3.05, 3.63) is 51.7 Å². The predicted molar refractivity (Wildman–Crippen MR) is 84.1 cm³/mol.